The predicted octanol–water partition coefficient (Wildman–Crippen LogP) is 1.55. The molecule has 1 aliphatic heterocycles. The summed E-state index contributed by atoms with van der Waals surface area (Å²) in [5.41, 5.74) is 5.91. The number of hydrogen-bond acceptors (Lipinski definition) is 4. The second-order valence-electron chi connectivity index (χ2n) is 5.67. The average molecular weight is 319 g/mol. The molecule has 4 nitrogen and oxygen atoms in total. The molecule has 0 aliphatic carbocycles. The van der Waals surface area contributed by atoms with Crippen LogP contribution in [-0.4, -0.2) is 45.2 Å². The zero-order valence-corrected chi connectivity index (χ0v) is 13.4. The summed E-state index contributed by atoms with van der Waals surface area (Å²) in [6.45, 7) is 5.26. The van der Waals surface area contributed by atoms with E-state index in [1.165, 1.54) is 0 Å². The van der Waals surface area contributed by atoms with Crippen LogP contribution in [0.3, 0.4) is 0 Å². The van der Waals surface area contributed by atoms with Gasteiger partial charge in [-0.05, 0) is 37.1 Å². The van der Waals surface area contributed by atoms with Crippen LogP contribution in [0, 0.1) is 5.41 Å². The Morgan fingerprint density at radius 1 is 1.30 bits per heavy atom. The second-order valence-corrected chi connectivity index (χ2v) is 7.78. The summed E-state index contributed by atoms with van der Waals surface area (Å²) in [6, 6.07) is 8.65. The van der Waals surface area contributed by atoms with E-state index in [1.807, 2.05) is 6.07 Å². The van der Waals surface area contributed by atoms with Gasteiger partial charge in [0.25, 0.3) is 0 Å². The average Bonchev–Trinajstić information content (AvgIpc) is 2.80. The van der Waals surface area contributed by atoms with Crippen molar-refractivity contribution < 1.29 is 8.42 Å². The molecule has 2 N–H and O–H groups in total. The van der Waals surface area contributed by atoms with Gasteiger partial charge in [-0.25, -0.2) is 8.42 Å². The Morgan fingerprint density at radius 2 is 1.95 bits per heavy atom. The monoisotopic (exact) mass is 318 g/mol. The van der Waals surface area contributed by atoms with E-state index in [-0.39, 0.29) is 23.6 Å². The first-order chi connectivity index (χ1) is 8.95. The topological polar surface area (TPSA) is 63.4 Å². The lowest BCUT2D eigenvalue weighted by Crippen LogP contribution is -2.33. The molecule has 1 aliphatic rings. The maximum atomic E-state index is 12.2. The van der Waals surface area contributed by atoms with Crippen LogP contribution in [0.4, 0.5) is 0 Å². The van der Waals surface area contributed by atoms with Gasteiger partial charge >= 0.3 is 0 Å². The first-order valence-electron chi connectivity index (χ1n) is 6.65. The van der Waals surface area contributed by atoms with Crippen molar-refractivity contribution in [3.8, 4) is 0 Å². The molecule has 0 amide bonds. The molecule has 1 aromatic carbocycles. The van der Waals surface area contributed by atoms with Gasteiger partial charge < -0.3 is 10.6 Å². The standard InChI is InChI=1S/C14H22N2O2S.ClH/c1-14(11-15)7-8-16(12-14)9-10-19(17,18)13-5-3-2-4-6-13;/h2-6H,7-12,15H2,1H3;1H. The molecule has 6 heteroatoms. The van der Waals surface area contributed by atoms with Crippen molar-refractivity contribution in [2.24, 2.45) is 11.1 Å². The zero-order chi connectivity index (χ0) is 13.9. The van der Waals surface area contributed by atoms with E-state index in [0.29, 0.717) is 18.0 Å². The number of likely N-dealkylation sites (tertiary alicyclic amines) is 1. The number of hydrogen-bond donors (Lipinski definition) is 1. The molecule has 0 aromatic heterocycles. The summed E-state index contributed by atoms with van der Waals surface area (Å²) >= 11 is 0. The number of halogens is 1. The quantitative estimate of drug-likeness (QED) is 0.894. The Morgan fingerprint density at radius 3 is 2.50 bits per heavy atom. The third kappa shape index (κ3) is 4.19. The summed E-state index contributed by atoms with van der Waals surface area (Å²) in [5, 5.41) is 0. The zero-order valence-electron chi connectivity index (χ0n) is 11.8. The maximum Gasteiger partial charge on any atom is 0.179 e. The minimum atomic E-state index is -3.16. The Hall–Kier alpha value is -0.620. The molecule has 1 aromatic rings. The van der Waals surface area contributed by atoms with E-state index < -0.39 is 9.84 Å². The first kappa shape index (κ1) is 17.4. The summed E-state index contributed by atoms with van der Waals surface area (Å²) in [4.78, 5) is 2.61. The van der Waals surface area contributed by atoms with Crippen molar-refractivity contribution >= 4 is 22.2 Å². The van der Waals surface area contributed by atoms with Gasteiger partial charge in [-0.3, -0.25) is 0 Å². The van der Waals surface area contributed by atoms with Crippen LogP contribution < -0.4 is 5.73 Å². The van der Waals surface area contributed by atoms with E-state index in [1.54, 1.807) is 24.3 Å². The molecular formula is C14H23ClN2O2S. The van der Waals surface area contributed by atoms with Crippen LogP contribution in [0.1, 0.15) is 13.3 Å². The number of rotatable bonds is 5. The smallest absolute Gasteiger partial charge is 0.179 e. The minimum absolute atomic E-state index is 0. The lowest BCUT2D eigenvalue weighted by molar-refractivity contribution is 0.291. The number of benzene rings is 1. The van der Waals surface area contributed by atoms with Crippen LogP contribution in [0.25, 0.3) is 0 Å². The molecule has 0 bridgehead atoms. The summed E-state index contributed by atoms with van der Waals surface area (Å²) in [5.74, 6) is 0.178. The van der Waals surface area contributed by atoms with Crippen molar-refractivity contribution in [1.82, 2.24) is 4.90 Å². The fourth-order valence-electron chi connectivity index (χ4n) is 2.48. The SMILES string of the molecule is CC1(CN)CCN(CCS(=O)(=O)c2ccccc2)C1.Cl. The van der Waals surface area contributed by atoms with Crippen molar-refractivity contribution in [2.45, 2.75) is 18.2 Å². The highest BCUT2D eigenvalue weighted by atomic mass is 35.5. The van der Waals surface area contributed by atoms with Crippen LogP contribution in [0.5, 0.6) is 0 Å². The van der Waals surface area contributed by atoms with Gasteiger partial charge in [-0.15, -0.1) is 12.4 Å². The Kier molecular flexibility index (Phi) is 6.01. The molecule has 114 valence electrons. The minimum Gasteiger partial charge on any atom is -0.330 e. The fourth-order valence-corrected chi connectivity index (χ4v) is 3.78. The van der Waals surface area contributed by atoms with Gasteiger partial charge in [0.05, 0.1) is 10.6 Å². The lowest BCUT2D eigenvalue weighted by atomic mass is 9.90. The largest absolute Gasteiger partial charge is 0.330 e. The third-order valence-corrected chi connectivity index (χ3v) is 5.62. The third-order valence-electron chi connectivity index (χ3n) is 3.91. The Balaban J connectivity index is 0.00000200. The number of nitrogens with zero attached hydrogens (tertiary/aromatic N) is 1. The van der Waals surface area contributed by atoms with E-state index in [4.69, 9.17) is 5.73 Å². The van der Waals surface area contributed by atoms with Gasteiger partial charge in [0.1, 0.15) is 0 Å². The van der Waals surface area contributed by atoms with Gasteiger partial charge in [-0.2, -0.15) is 0 Å². The van der Waals surface area contributed by atoms with Crippen LogP contribution in [0.2, 0.25) is 0 Å². The molecule has 0 spiro atoms. The molecule has 1 fully saturated rings. The number of nitrogens with two attached hydrogens (primary N) is 1. The van der Waals surface area contributed by atoms with E-state index in [9.17, 15) is 8.42 Å². The first-order valence-corrected chi connectivity index (χ1v) is 8.31. The van der Waals surface area contributed by atoms with Crippen LogP contribution >= 0.6 is 12.4 Å². The highest BCUT2D eigenvalue weighted by Gasteiger charge is 2.32. The normalized spacial score (nSPS) is 23.5. The van der Waals surface area contributed by atoms with E-state index in [0.717, 1.165) is 19.5 Å². The summed E-state index contributed by atoms with van der Waals surface area (Å²) in [6.07, 6.45) is 1.05. The molecule has 0 saturated carbocycles. The highest BCUT2D eigenvalue weighted by Crippen LogP contribution is 2.28. The number of sulfone groups is 1. The fraction of sp³-hybridized carbons (Fsp3) is 0.571. The second kappa shape index (κ2) is 6.89. The summed E-state index contributed by atoms with van der Waals surface area (Å²) in [7, 11) is -3.16. The molecule has 1 saturated heterocycles. The van der Waals surface area contributed by atoms with Crippen molar-refractivity contribution in [3.63, 3.8) is 0 Å². The highest BCUT2D eigenvalue weighted by molar-refractivity contribution is 7.91. The van der Waals surface area contributed by atoms with Gasteiger partial charge in [0, 0.05) is 13.1 Å². The molecule has 20 heavy (non-hydrogen) atoms. The van der Waals surface area contributed by atoms with Gasteiger partial charge in [-0.1, -0.05) is 25.1 Å². The van der Waals surface area contributed by atoms with Gasteiger partial charge in [0.15, 0.2) is 9.84 Å². The summed E-state index contributed by atoms with van der Waals surface area (Å²) < 4.78 is 24.3. The molecule has 1 unspecified atom stereocenters. The van der Waals surface area contributed by atoms with Crippen LogP contribution in [-0.2, 0) is 9.84 Å². The lowest BCUT2D eigenvalue weighted by Gasteiger charge is -2.22. The Bertz CT molecular complexity index is 521. The van der Waals surface area contributed by atoms with Crippen LogP contribution in [0.15, 0.2) is 35.2 Å². The maximum absolute atomic E-state index is 12.2. The van der Waals surface area contributed by atoms with Crippen molar-refractivity contribution in [2.75, 3.05) is 31.9 Å². The van der Waals surface area contributed by atoms with Crippen molar-refractivity contribution in [1.29, 1.82) is 0 Å². The van der Waals surface area contributed by atoms with E-state index in [2.05, 4.69) is 11.8 Å². The molecule has 0 radical (unpaired) electrons. The van der Waals surface area contributed by atoms with E-state index >= 15 is 0 Å². The molecule has 2 rings (SSSR count). The van der Waals surface area contributed by atoms with Gasteiger partial charge in [0.2, 0.25) is 0 Å². The van der Waals surface area contributed by atoms with Crippen molar-refractivity contribution in [3.05, 3.63) is 30.3 Å². The molecule has 1 heterocycles. The molecule has 1 atom stereocenters. The predicted molar refractivity (Wildman–Crippen MR) is 84.0 cm³/mol. The Labute approximate surface area is 127 Å². The molecular weight excluding hydrogens is 296 g/mol.